The van der Waals surface area contributed by atoms with Gasteiger partial charge in [-0.05, 0) is 45.0 Å². The number of rotatable bonds is 8. The maximum atomic E-state index is 11.8. The van der Waals surface area contributed by atoms with Crippen LogP contribution in [0.2, 0.25) is 5.02 Å². The summed E-state index contributed by atoms with van der Waals surface area (Å²) in [7, 11) is 0. The lowest BCUT2D eigenvalue weighted by Crippen LogP contribution is -2.44. The molecule has 2 N–H and O–H groups in total. The summed E-state index contributed by atoms with van der Waals surface area (Å²) >= 11 is 5.76. The number of carbonyl (C=O) groups is 2. The van der Waals surface area contributed by atoms with Crippen LogP contribution in [0.1, 0.15) is 32.3 Å². The second-order valence-electron chi connectivity index (χ2n) is 7.27. The third-order valence-corrected chi connectivity index (χ3v) is 3.83. The molecule has 2 aromatic rings. The van der Waals surface area contributed by atoms with Gasteiger partial charge in [0, 0.05) is 17.5 Å². The molecule has 2 rings (SSSR count). The molecule has 0 radical (unpaired) electrons. The van der Waals surface area contributed by atoms with Crippen LogP contribution in [0.25, 0.3) is 0 Å². The Hall–Kier alpha value is -3.27. The van der Waals surface area contributed by atoms with E-state index >= 15 is 0 Å². The number of amides is 1. The summed E-state index contributed by atoms with van der Waals surface area (Å²) in [5, 5.41) is 22.9. The van der Waals surface area contributed by atoms with Gasteiger partial charge in [0.15, 0.2) is 5.75 Å². The highest BCUT2D eigenvalue weighted by molar-refractivity contribution is 6.30. The Bertz CT molecular complexity index is 935. The Kier molecular flexibility index (Phi) is 7.28. The molecule has 11 heteroatoms. The van der Waals surface area contributed by atoms with Crippen molar-refractivity contribution in [3.8, 4) is 5.75 Å². The molecule has 0 aliphatic carbocycles. The number of hydrogen-bond acceptors (Lipinski definition) is 7. The van der Waals surface area contributed by atoms with E-state index in [9.17, 15) is 24.8 Å². The molecule has 0 spiro atoms. The van der Waals surface area contributed by atoms with Gasteiger partial charge in [-0.1, -0.05) is 11.6 Å². The Balaban J connectivity index is 2.01. The van der Waals surface area contributed by atoms with Gasteiger partial charge in [0.1, 0.15) is 29.8 Å². The number of ether oxygens (including phenoxy) is 2. The third-order valence-electron chi connectivity index (χ3n) is 3.60. The van der Waals surface area contributed by atoms with E-state index in [-0.39, 0.29) is 35.2 Å². The van der Waals surface area contributed by atoms with Crippen LogP contribution in [0.5, 0.6) is 5.75 Å². The number of furan rings is 1. The molecular weight excluding hydrogens is 420 g/mol. The van der Waals surface area contributed by atoms with Gasteiger partial charge in [-0.15, -0.1) is 0 Å². The molecule has 0 aliphatic rings. The van der Waals surface area contributed by atoms with Crippen molar-refractivity contribution in [2.45, 2.75) is 45.4 Å². The fourth-order valence-electron chi connectivity index (χ4n) is 2.36. The first kappa shape index (κ1) is 23.0. The summed E-state index contributed by atoms with van der Waals surface area (Å²) in [6.45, 7) is 4.85. The van der Waals surface area contributed by atoms with E-state index in [4.69, 9.17) is 25.5 Å². The molecule has 1 atom stereocenters. The molecule has 1 unspecified atom stereocenters. The van der Waals surface area contributed by atoms with E-state index in [2.05, 4.69) is 5.32 Å². The number of nitrogens with one attached hydrogen (secondary N) is 1. The number of hydrogen-bond donors (Lipinski definition) is 2. The summed E-state index contributed by atoms with van der Waals surface area (Å²) < 4.78 is 16.0. The number of benzene rings is 1. The summed E-state index contributed by atoms with van der Waals surface area (Å²) in [6.07, 6.45) is -0.990. The van der Waals surface area contributed by atoms with Crippen LogP contribution in [0.3, 0.4) is 0 Å². The van der Waals surface area contributed by atoms with Crippen molar-refractivity contribution < 1.29 is 33.5 Å². The van der Waals surface area contributed by atoms with Crippen molar-refractivity contribution in [2.24, 2.45) is 0 Å². The zero-order valence-electron chi connectivity index (χ0n) is 16.5. The van der Waals surface area contributed by atoms with Crippen molar-refractivity contribution in [3.63, 3.8) is 0 Å². The Labute approximate surface area is 176 Å². The normalized spacial score (nSPS) is 12.1. The summed E-state index contributed by atoms with van der Waals surface area (Å²) in [4.78, 5) is 33.7. The highest BCUT2D eigenvalue weighted by atomic mass is 35.5. The number of nitro groups is 1. The van der Waals surface area contributed by atoms with Crippen LogP contribution < -0.4 is 10.1 Å². The highest BCUT2D eigenvalue weighted by Crippen LogP contribution is 2.30. The average molecular weight is 441 g/mol. The van der Waals surface area contributed by atoms with Crippen LogP contribution in [0.4, 0.5) is 10.5 Å². The van der Waals surface area contributed by atoms with Crippen LogP contribution >= 0.6 is 11.6 Å². The molecular formula is C19H21ClN2O8. The van der Waals surface area contributed by atoms with Gasteiger partial charge in [0.2, 0.25) is 0 Å². The minimum Gasteiger partial charge on any atom is -0.480 e. The third kappa shape index (κ3) is 6.96. The summed E-state index contributed by atoms with van der Waals surface area (Å²) in [6, 6.07) is 5.81. The number of nitro benzene ring substituents is 1. The first-order chi connectivity index (χ1) is 13.9. The van der Waals surface area contributed by atoms with E-state index < -0.39 is 28.6 Å². The van der Waals surface area contributed by atoms with Gasteiger partial charge in [-0.3, -0.25) is 10.1 Å². The number of carboxylic acid groups (broad SMARTS) is 1. The molecule has 1 aromatic heterocycles. The molecule has 0 fully saturated rings. The molecule has 1 amide bonds. The Morgan fingerprint density at radius 2 is 1.93 bits per heavy atom. The monoisotopic (exact) mass is 440 g/mol. The topological polar surface area (TPSA) is 141 Å². The summed E-state index contributed by atoms with van der Waals surface area (Å²) in [5.41, 5.74) is -1.06. The molecule has 30 heavy (non-hydrogen) atoms. The number of carboxylic acids is 1. The second kappa shape index (κ2) is 9.49. The fourth-order valence-corrected chi connectivity index (χ4v) is 2.53. The van der Waals surface area contributed by atoms with Crippen LogP contribution in [-0.2, 0) is 22.6 Å². The first-order valence-electron chi connectivity index (χ1n) is 8.81. The Morgan fingerprint density at radius 1 is 1.27 bits per heavy atom. The van der Waals surface area contributed by atoms with Gasteiger partial charge >= 0.3 is 17.7 Å². The van der Waals surface area contributed by atoms with Crippen molar-refractivity contribution in [1.29, 1.82) is 0 Å². The second-order valence-corrected chi connectivity index (χ2v) is 7.70. The molecule has 0 saturated carbocycles. The molecule has 1 aromatic carbocycles. The zero-order valence-corrected chi connectivity index (χ0v) is 17.3. The molecule has 1 heterocycles. The van der Waals surface area contributed by atoms with Gasteiger partial charge in [-0.2, -0.15) is 0 Å². The number of nitrogens with zero attached hydrogens (tertiary/aromatic N) is 1. The summed E-state index contributed by atoms with van der Waals surface area (Å²) in [5.74, 6) is -0.650. The lowest BCUT2D eigenvalue weighted by molar-refractivity contribution is -0.385. The SMILES string of the molecule is CC(C)(C)OC(=O)NC(Cc1ccc(COc2ccc(Cl)cc2[N+](=O)[O-])o1)C(=O)O. The lowest BCUT2D eigenvalue weighted by Gasteiger charge is -2.21. The molecule has 0 bridgehead atoms. The average Bonchev–Trinajstić information content (AvgIpc) is 3.05. The van der Waals surface area contributed by atoms with E-state index in [1.807, 2.05) is 0 Å². The van der Waals surface area contributed by atoms with Crippen LogP contribution in [0.15, 0.2) is 34.7 Å². The van der Waals surface area contributed by atoms with E-state index in [1.165, 1.54) is 24.3 Å². The first-order valence-corrected chi connectivity index (χ1v) is 9.19. The largest absolute Gasteiger partial charge is 0.480 e. The molecule has 10 nitrogen and oxygen atoms in total. The standard InChI is InChI=1S/C19H21ClN2O8/c1-19(2,3)30-18(25)21-14(17(23)24)9-12-5-6-13(29-12)10-28-16-7-4-11(20)8-15(16)22(26)27/h4-8,14H,9-10H2,1-3H3,(H,21,25)(H,23,24). The predicted octanol–water partition coefficient (Wildman–Crippen LogP) is 3.94. The number of alkyl carbamates (subject to hydrolysis) is 1. The van der Waals surface area contributed by atoms with Crippen molar-refractivity contribution in [1.82, 2.24) is 5.32 Å². The van der Waals surface area contributed by atoms with E-state index in [0.29, 0.717) is 5.76 Å². The number of halogens is 1. The predicted molar refractivity (Wildman–Crippen MR) is 106 cm³/mol. The lowest BCUT2D eigenvalue weighted by atomic mass is 10.1. The smallest absolute Gasteiger partial charge is 0.408 e. The quantitative estimate of drug-likeness (QED) is 0.464. The van der Waals surface area contributed by atoms with Crippen LogP contribution in [0, 0.1) is 10.1 Å². The van der Waals surface area contributed by atoms with Crippen molar-refractivity contribution >= 4 is 29.4 Å². The van der Waals surface area contributed by atoms with E-state index in [0.717, 1.165) is 0 Å². The van der Waals surface area contributed by atoms with Gasteiger partial charge in [0.25, 0.3) is 0 Å². The zero-order chi connectivity index (χ0) is 22.5. The molecule has 162 valence electrons. The molecule has 0 saturated heterocycles. The fraction of sp³-hybridized carbons (Fsp3) is 0.368. The molecule has 0 aliphatic heterocycles. The minimum absolute atomic E-state index is 0.0114. The van der Waals surface area contributed by atoms with Gasteiger partial charge in [0.05, 0.1) is 4.92 Å². The maximum Gasteiger partial charge on any atom is 0.408 e. The van der Waals surface area contributed by atoms with Gasteiger partial charge in [-0.25, -0.2) is 9.59 Å². The number of aliphatic carboxylic acids is 1. The van der Waals surface area contributed by atoms with E-state index in [1.54, 1.807) is 26.8 Å². The Morgan fingerprint density at radius 3 is 2.53 bits per heavy atom. The van der Waals surface area contributed by atoms with Gasteiger partial charge < -0.3 is 24.3 Å². The number of carbonyl (C=O) groups excluding carboxylic acids is 1. The maximum absolute atomic E-state index is 11.8. The van der Waals surface area contributed by atoms with Crippen LogP contribution in [-0.4, -0.2) is 33.7 Å². The highest BCUT2D eigenvalue weighted by Gasteiger charge is 2.25. The minimum atomic E-state index is -1.27. The van der Waals surface area contributed by atoms with Crippen molar-refractivity contribution in [3.05, 3.63) is 57.0 Å². The van der Waals surface area contributed by atoms with Crippen molar-refractivity contribution in [2.75, 3.05) is 0 Å².